The van der Waals surface area contributed by atoms with Gasteiger partial charge in [0.25, 0.3) is 0 Å². The molecule has 0 saturated carbocycles. The molecule has 6 N–H and O–H groups in total. The second kappa shape index (κ2) is 7.00. The largest absolute Gasteiger partial charge is 0.410 e. The van der Waals surface area contributed by atoms with Crippen LogP contribution in [0.2, 0.25) is 0 Å². The molecule has 0 saturated heterocycles. The molecule has 5 heteroatoms. The average molecular weight is 307 g/mol. The number of hydrogen-bond donors (Lipinski definition) is 4. The number of hydrogen-bond acceptors (Lipinski definition) is 4. The van der Waals surface area contributed by atoms with Crippen molar-refractivity contribution in [2.45, 2.75) is 6.54 Å². The normalized spacial score (nSPS) is 9.53. The van der Waals surface area contributed by atoms with Crippen LogP contribution in [0.5, 0.6) is 0 Å². The number of benzene rings is 2. The van der Waals surface area contributed by atoms with Gasteiger partial charge in [-0.05, 0) is 18.2 Å². The molecule has 4 nitrogen and oxygen atoms in total. The zero-order chi connectivity index (χ0) is 13.0. The summed E-state index contributed by atoms with van der Waals surface area (Å²) in [5, 5.41) is 6.37. The van der Waals surface area contributed by atoms with E-state index in [1.54, 1.807) is 6.07 Å². The standard InChI is InChI=1S/C14H17N4.Zn/c1-17-11-4-2-3-10(7-11)9-18-12-5-6-13(15)14(16)8-12;/h2-3,5-8,17-18H,9,15-16H2,1H3;/q-1;. The van der Waals surface area contributed by atoms with Crippen molar-refractivity contribution < 1.29 is 19.5 Å². The number of nitrogen functional groups attached to an aromatic ring is 2. The first-order valence-corrected chi connectivity index (χ1v) is 5.76. The van der Waals surface area contributed by atoms with E-state index in [-0.39, 0.29) is 19.5 Å². The van der Waals surface area contributed by atoms with Crippen LogP contribution in [0.1, 0.15) is 5.56 Å². The number of nitrogens with one attached hydrogen (secondary N) is 2. The second-order valence-corrected chi connectivity index (χ2v) is 4.06. The topological polar surface area (TPSA) is 76.1 Å². The number of rotatable bonds is 4. The van der Waals surface area contributed by atoms with E-state index < -0.39 is 0 Å². The van der Waals surface area contributed by atoms with Crippen molar-refractivity contribution in [2.24, 2.45) is 0 Å². The summed E-state index contributed by atoms with van der Waals surface area (Å²) in [7, 11) is 1.88. The molecule has 0 atom stereocenters. The maximum atomic E-state index is 5.76. The van der Waals surface area contributed by atoms with Gasteiger partial charge in [0.2, 0.25) is 0 Å². The van der Waals surface area contributed by atoms with Crippen molar-refractivity contribution in [2.75, 3.05) is 29.1 Å². The van der Waals surface area contributed by atoms with E-state index >= 15 is 0 Å². The van der Waals surface area contributed by atoms with Crippen LogP contribution in [-0.4, -0.2) is 7.05 Å². The minimum absolute atomic E-state index is 0. The molecule has 0 aliphatic heterocycles. The molecular formula is C14H17N4Zn-. The predicted molar refractivity (Wildman–Crippen MR) is 77.4 cm³/mol. The molecular weight excluding hydrogens is 290 g/mol. The minimum atomic E-state index is 0. The van der Waals surface area contributed by atoms with Crippen LogP contribution in [-0.2, 0) is 26.0 Å². The van der Waals surface area contributed by atoms with E-state index in [9.17, 15) is 0 Å². The van der Waals surface area contributed by atoms with Gasteiger partial charge in [-0.25, -0.2) is 0 Å². The minimum Gasteiger partial charge on any atom is -0.410 e. The van der Waals surface area contributed by atoms with Crippen molar-refractivity contribution in [3.8, 4) is 0 Å². The van der Waals surface area contributed by atoms with Crippen LogP contribution in [0.15, 0.2) is 36.4 Å². The Morgan fingerprint density at radius 3 is 2.58 bits per heavy atom. The zero-order valence-electron chi connectivity index (χ0n) is 11.0. The van der Waals surface area contributed by atoms with E-state index in [0.29, 0.717) is 11.4 Å². The summed E-state index contributed by atoms with van der Waals surface area (Å²) >= 11 is 0. The smallest absolute Gasteiger partial charge is 0.0568 e. The molecule has 0 amide bonds. The summed E-state index contributed by atoms with van der Waals surface area (Å²) in [6, 6.07) is 14.6. The molecule has 0 heterocycles. The van der Waals surface area contributed by atoms with Crippen LogP contribution < -0.4 is 22.1 Å². The van der Waals surface area contributed by atoms with Gasteiger partial charge in [0, 0.05) is 38.8 Å². The van der Waals surface area contributed by atoms with E-state index in [4.69, 9.17) is 11.5 Å². The molecule has 0 unspecified atom stereocenters. The van der Waals surface area contributed by atoms with Gasteiger partial charge in [-0.3, -0.25) is 0 Å². The van der Waals surface area contributed by atoms with Gasteiger partial charge in [-0.2, -0.15) is 18.2 Å². The second-order valence-electron chi connectivity index (χ2n) is 4.06. The molecule has 0 bridgehead atoms. The zero-order valence-corrected chi connectivity index (χ0v) is 14.0. The summed E-state index contributed by atoms with van der Waals surface area (Å²) in [5.41, 5.74) is 15.7. The SMILES string of the molecule is CNc1[c-]ccc(CNc2ccc(N)c(N)c2)c1.[Zn]. The van der Waals surface area contributed by atoms with Crippen LogP contribution in [0.4, 0.5) is 22.7 Å². The molecule has 0 aromatic heterocycles. The number of anilines is 4. The van der Waals surface area contributed by atoms with Crippen molar-refractivity contribution in [3.63, 3.8) is 0 Å². The Hall–Kier alpha value is -1.74. The van der Waals surface area contributed by atoms with Crippen molar-refractivity contribution in [3.05, 3.63) is 48.0 Å². The van der Waals surface area contributed by atoms with Crippen LogP contribution in [0.25, 0.3) is 0 Å². The third kappa shape index (κ3) is 4.14. The first kappa shape index (κ1) is 15.3. The number of nitrogens with two attached hydrogens (primary N) is 2. The van der Waals surface area contributed by atoms with Gasteiger partial charge >= 0.3 is 0 Å². The Morgan fingerprint density at radius 2 is 1.89 bits per heavy atom. The van der Waals surface area contributed by atoms with E-state index in [2.05, 4.69) is 16.7 Å². The van der Waals surface area contributed by atoms with Crippen molar-refractivity contribution in [1.82, 2.24) is 0 Å². The fourth-order valence-electron chi connectivity index (χ4n) is 1.66. The summed E-state index contributed by atoms with van der Waals surface area (Å²) in [6.45, 7) is 0.729. The molecule has 0 spiro atoms. The van der Waals surface area contributed by atoms with Gasteiger partial charge in [0.05, 0.1) is 11.4 Å². The van der Waals surface area contributed by atoms with Gasteiger partial charge in [0.15, 0.2) is 0 Å². The molecule has 96 valence electrons. The first-order chi connectivity index (χ1) is 8.69. The Bertz CT molecular complexity index is 543. The molecule has 0 aliphatic carbocycles. The van der Waals surface area contributed by atoms with E-state index in [1.807, 2.05) is 37.4 Å². The molecule has 2 aromatic carbocycles. The summed E-state index contributed by atoms with van der Waals surface area (Å²) in [6.07, 6.45) is 0. The van der Waals surface area contributed by atoms with Crippen LogP contribution >= 0.6 is 0 Å². The summed E-state index contributed by atoms with van der Waals surface area (Å²) < 4.78 is 0. The molecule has 2 aromatic rings. The Kier molecular flexibility index (Phi) is 5.65. The van der Waals surface area contributed by atoms with Crippen LogP contribution in [0.3, 0.4) is 0 Å². The maximum Gasteiger partial charge on any atom is 0.0568 e. The molecule has 2 rings (SSSR count). The van der Waals surface area contributed by atoms with Crippen LogP contribution in [0, 0.1) is 6.07 Å². The quantitative estimate of drug-likeness (QED) is 0.397. The fourth-order valence-corrected chi connectivity index (χ4v) is 1.66. The molecule has 0 fully saturated rings. The Labute approximate surface area is 126 Å². The molecule has 0 aliphatic rings. The summed E-state index contributed by atoms with van der Waals surface area (Å²) in [5.74, 6) is 0. The third-order valence-electron chi connectivity index (χ3n) is 2.72. The third-order valence-corrected chi connectivity index (χ3v) is 2.72. The fraction of sp³-hybridized carbons (Fsp3) is 0.143. The maximum absolute atomic E-state index is 5.76. The van der Waals surface area contributed by atoms with E-state index in [0.717, 1.165) is 17.9 Å². The van der Waals surface area contributed by atoms with Crippen molar-refractivity contribution >= 4 is 22.7 Å². The monoisotopic (exact) mass is 305 g/mol. The molecule has 19 heavy (non-hydrogen) atoms. The summed E-state index contributed by atoms with van der Waals surface area (Å²) in [4.78, 5) is 0. The van der Waals surface area contributed by atoms with Crippen molar-refractivity contribution in [1.29, 1.82) is 0 Å². The first-order valence-electron chi connectivity index (χ1n) is 5.76. The predicted octanol–water partition coefficient (Wildman–Crippen LogP) is 2.30. The Morgan fingerprint density at radius 1 is 1.11 bits per heavy atom. The van der Waals surface area contributed by atoms with Gasteiger partial charge in [-0.1, -0.05) is 5.69 Å². The Balaban J connectivity index is 0.00000180. The van der Waals surface area contributed by atoms with E-state index in [1.165, 1.54) is 5.56 Å². The average Bonchev–Trinajstić information content (AvgIpc) is 2.40. The van der Waals surface area contributed by atoms with Gasteiger partial charge in [-0.15, -0.1) is 11.6 Å². The molecule has 0 radical (unpaired) electrons. The van der Waals surface area contributed by atoms with Gasteiger partial charge in [0.1, 0.15) is 0 Å². The van der Waals surface area contributed by atoms with Gasteiger partial charge < -0.3 is 22.1 Å².